The summed E-state index contributed by atoms with van der Waals surface area (Å²) in [6.45, 7) is 5.92. The van der Waals surface area contributed by atoms with Gasteiger partial charge in [-0.25, -0.2) is 0 Å². The molecule has 5 rings (SSSR count). The van der Waals surface area contributed by atoms with Gasteiger partial charge in [0.05, 0.1) is 42.1 Å². The van der Waals surface area contributed by atoms with Crippen LogP contribution in [0.2, 0.25) is 0 Å². The summed E-state index contributed by atoms with van der Waals surface area (Å²) < 4.78 is 30.8. The fraction of sp³-hybridized carbons (Fsp3) is 0.478. The minimum Gasteiger partial charge on any atom is -0.493 e. The van der Waals surface area contributed by atoms with Gasteiger partial charge in [-0.1, -0.05) is 24.3 Å². The summed E-state index contributed by atoms with van der Waals surface area (Å²) in [5.74, 6) is 0.371. The number of ether oxygens (including phenoxy) is 3. The molecule has 0 radical (unpaired) electrons. The van der Waals surface area contributed by atoms with Crippen LogP contribution in [0, 0.1) is 12.3 Å². The second-order valence-electron chi connectivity index (χ2n) is 8.68. The number of fused-ring (bicyclic) bond motifs is 1. The Hall–Kier alpha value is -1.29. The summed E-state index contributed by atoms with van der Waals surface area (Å²) in [4.78, 5) is 13.2. The first-order chi connectivity index (χ1) is 15.0. The Bertz CT molecular complexity index is 1090. The second-order valence-corrected chi connectivity index (χ2v) is 10.0. The summed E-state index contributed by atoms with van der Waals surface area (Å²) in [7, 11) is -1.38. The molecule has 1 aliphatic heterocycles. The van der Waals surface area contributed by atoms with Gasteiger partial charge in [0.25, 0.3) is 0 Å². The molecule has 1 saturated carbocycles. The van der Waals surface area contributed by atoms with Gasteiger partial charge >= 0.3 is 29.6 Å². The summed E-state index contributed by atoms with van der Waals surface area (Å²) in [6.07, 6.45) is 4.72. The predicted molar refractivity (Wildman–Crippen MR) is 116 cm³/mol. The first-order valence-electron chi connectivity index (χ1n) is 10.6. The molecule has 32 heavy (non-hydrogen) atoms. The van der Waals surface area contributed by atoms with Crippen LogP contribution in [-0.4, -0.2) is 39.8 Å². The minimum atomic E-state index is -1.38. The zero-order valence-electron chi connectivity index (χ0n) is 18.8. The molecule has 0 bridgehead atoms. The molecule has 1 spiro atoms. The third-order valence-corrected chi connectivity index (χ3v) is 7.31. The molecule has 0 amide bonds. The molecule has 3 aromatic rings. The third-order valence-electron chi connectivity index (χ3n) is 6.18. The largest absolute Gasteiger partial charge is 1.00 e. The Morgan fingerprint density at radius 2 is 1.94 bits per heavy atom. The Morgan fingerprint density at radius 3 is 2.66 bits per heavy atom. The Kier molecular flexibility index (Phi) is 7.10. The molecular weight excluding hydrogens is 437 g/mol. The maximum absolute atomic E-state index is 12.8. The van der Waals surface area contributed by atoms with E-state index in [0.717, 1.165) is 41.3 Å². The van der Waals surface area contributed by atoms with E-state index >= 15 is 0 Å². The predicted octanol–water partition coefficient (Wildman–Crippen LogP) is 0.519. The molecule has 2 fully saturated rings. The van der Waals surface area contributed by atoms with Crippen molar-refractivity contribution in [2.75, 3.05) is 19.8 Å². The van der Waals surface area contributed by atoms with Crippen molar-refractivity contribution in [1.82, 2.24) is 15.0 Å². The molecule has 2 aromatic heterocycles. The minimum absolute atomic E-state index is 0. The molecule has 1 saturated heterocycles. The van der Waals surface area contributed by atoms with E-state index in [0.29, 0.717) is 18.2 Å². The molecule has 7 nitrogen and oxygen atoms in total. The van der Waals surface area contributed by atoms with Gasteiger partial charge in [0.1, 0.15) is 5.75 Å². The zero-order valence-corrected chi connectivity index (χ0v) is 21.6. The molecule has 164 valence electrons. The van der Waals surface area contributed by atoms with Crippen LogP contribution >= 0.6 is 0 Å². The zero-order chi connectivity index (χ0) is 21.5. The quantitative estimate of drug-likeness (QED) is 0.473. The van der Waals surface area contributed by atoms with Crippen LogP contribution in [0.3, 0.4) is 0 Å². The van der Waals surface area contributed by atoms with E-state index in [2.05, 4.69) is 15.0 Å². The molecule has 3 heterocycles. The van der Waals surface area contributed by atoms with Crippen molar-refractivity contribution >= 4 is 21.8 Å². The van der Waals surface area contributed by atoms with E-state index in [9.17, 15) is 4.21 Å². The fourth-order valence-electron chi connectivity index (χ4n) is 3.69. The van der Waals surface area contributed by atoms with Gasteiger partial charge < -0.3 is 24.2 Å². The first kappa shape index (κ1) is 23.9. The third kappa shape index (κ3) is 5.11. The number of hydrogen-bond donors (Lipinski definition) is 0. The SMILES string of the molecule is Cc1c(OCCC2(C)OCC3(CC3)CO2)ccnc1CS(=O)c1nc2ccccc2[n-]1.[Na+]. The molecule has 1 aromatic carbocycles. The van der Waals surface area contributed by atoms with Gasteiger partial charge in [-0.05, 0) is 43.8 Å². The summed E-state index contributed by atoms with van der Waals surface area (Å²) in [5, 5.41) is 0.335. The Morgan fingerprint density at radius 1 is 1.19 bits per heavy atom. The Labute approximate surface area is 212 Å². The summed E-state index contributed by atoms with van der Waals surface area (Å²) >= 11 is 0. The van der Waals surface area contributed by atoms with Gasteiger partial charge in [0, 0.05) is 28.8 Å². The first-order valence-corrected chi connectivity index (χ1v) is 11.9. The van der Waals surface area contributed by atoms with E-state index in [-0.39, 0.29) is 40.7 Å². The van der Waals surface area contributed by atoms with Crippen LogP contribution in [0.4, 0.5) is 0 Å². The smallest absolute Gasteiger partial charge is 0.493 e. The van der Waals surface area contributed by atoms with Gasteiger partial charge in [-0.15, -0.1) is 0 Å². The normalized spacial score (nSPS) is 19.4. The number of aromatic nitrogens is 3. The van der Waals surface area contributed by atoms with E-state index in [4.69, 9.17) is 14.2 Å². The van der Waals surface area contributed by atoms with Crippen molar-refractivity contribution in [2.24, 2.45) is 5.41 Å². The summed E-state index contributed by atoms with van der Waals surface area (Å²) in [6, 6.07) is 9.35. The number of hydrogen-bond acceptors (Lipinski definition) is 6. The molecular formula is C23H26N3NaO4S. The van der Waals surface area contributed by atoms with Crippen molar-refractivity contribution in [3.05, 3.63) is 47.8 Å². The van der Waals surface area contributed by atoms with Crippen LogP contribution < -0.4 is 39.3 Å². The van der Waals surface area contributed by atoms with Crippen molar-refractivity contribution in [2.45, 2.75) is 49.8 Å². The number of rotatable bonds is 7. The van der Waals surface area contributed by atoms with Crippen LogP contribution in [0.15, 0.2) is 41.7 Å². The standard InChI is InChI=1S/C23H26N3O4S.Na/c1-16-19(13-31(27)21-25-17-5-3-4-6-18(17)26-21)24-11-7-20(16)28-12-10-22(2)29-14-23(8-9-23)15-30-22;/h3-7,11H,8-10,12-15H2,1-2H3;/q-1;+1. The molecule has 1 unspecified atom stereocenters. The van der Waals surface area contributed by atoms with Gasteiger partial charge in [-0.2, -0.15) is 0 Å². The molecule has 9 heteroatoms. The van der Waals surface area contributed by atoms with Crippen molar-refractivity contribution in [3.63, 3.8) is 0 Å². The Balaban J connectivity index is 0.00000245. The van der Waals surface area contributed by atoms with E-state index < -0.39 is 16.6 Å². The molecule has 1 aliphatic carbocycles. The van der Waals surface area contributed by atoms with E-state index in [1.807, 2.05) is 44.2 Å². The van der Waals surface area contributed by atoms with Crippen molar-refractivity contribution in [1.29, 1.82) is 0 Å². The van der Waals surface area contributed by atoms with Gasteiger partial charge in [-0.3, -0.25) is 9.19 Å². The van der Waals surface area contributed by atoms with Crippen LogP contribution in [0.1, 0.15) is 37.4 Å². The average molecular weight is 464 g/mol. The topological polar surface area (TPSA) is 84.6 Å². The molecule has 0 N–H and O–H groups in total. The van der Waals surface area contributed by atoms with Crippen LogP contribution in [0.25, 0.3) is 11.0 Å². The van der Waals surface area contributed by atoms with Gasteiger partial charge in [0.2, 0.25) is 0 Å². The van der Waals surface area contributed by atoms with Gasteiger partial charge in [0.15, 0.2) is 5.79 Å². The summed E-state index contributed by atoms with van der Waals surface area (Å²) in [5.41, 5.74) is 3.38. The van der Waals surface area contributed by atoms with E-state index in [1.54, 1.807) is 6.20 Å². The number of imidazole rings is 1. The van der Waals surface area contributed by atoms with Crippen molar-refractivity contribution < 1.29 is 48.0 Å². The molecule has 1 atom stereocenters. The van der Waals surface area contributed by atoms with Crippen molar-refractivity contribution in [3.8, 4) is 5.75 Å². The number of pyridine rings is 1. The monoisotopic (exact) mass is 463 g/mol. The molecule has 2 aliphatic rings. The van der Waals surface area contributed by atoms with Crippen LogP contribution in [0.5, 0.6) is 5.75 Å². The number of para-hydroxylation sites is 2. The number of benzene rings is 1. The average Bonchev–Trinajstić information content (AvgIpc) is 3.39. The van der Waals surface area contributed by atoms with Crippen LogP contribution in [-0.2, 0) is 26.0 Å². The maximum atomic E-state index is 12.8. The maximum Gasteiger partial charge on any atom is 1.00 e. The fourth-order valence-corrected chi connectivity index (χ4v) is 4.76. The second kappa shape index (κ2) is 9.52. The number of nitrogens with zero attached hydrogens (tertiary/aromatic N) is 3. The van der Waals surface area contributed by atoms with E-state index in [1.165, 1.54) is 12.8 Å².